The molecule has 0 fully saturated rings. The summed E-state index contributed by atoms with van der Waals surface area (Å²) in [6, 6.07) is 26.4. The van der Waals surface area contributed by atoms with Crippen molar-refractivity contribution in [1.29, 1.82) is 0 Å². The lowest BCUT2D eigenvalue weighted by molar-refractivity contribution is -0.115. The Morgan fingerprint density at radius 1 is 0.830 bits per heavy atom. The predicted molar refractivity (Wildman–Crippen MR) is 187 cm³/mol. The van der Waals surface area contributed by atoms with Crippen LogP contribution in [0.15, 0.2) is 102 Å². The maximum Gasteiger partial charge on any atom is 0.272 e. The summed E-state index contributed by atoms with van der Waals surface area (Å²) in [5.74, 6) is 0.538. The Morgan fingerprint density at radius 3 is 2.32 bits per heavy atom. The topological polar surface area (TPSA) is 128 Å². The van der Waals surface area contributed by atoms with Crippen LogP contribution in [0, 0.1) is 0 Å². The molecule has 240 valence electrons. The average Bonchev–Trinajstić information content (AvgIpc) is 3.49. The summed E-state index contributed by atoms with van der Waals surface area (Å²) in [4.78, 5) is 45.0. The summed E-state index contributed by atoms with van der Waals surface area (Å²) >= 11 is 2.70. The first kappa shape index (κ1) is 33.0. The van der Waals surface area contributed by atoms with Gasteiger partial charge in [-0.05, 0) is 79.7 Å². The number of aromatic nitrogens is 1. The van der Waals surface area contributed by atoms with Gasteiger partial charge in [-0.25, -0.2) is 4.98 Å². The van der Waals surface area contributed by atoms with E-state index in [1.807, 2.05) is 24.3 Å². The Morgan fingerprint density at radius 2 is 1.57 bits per heavy atom. The number of hydrogen-bond donors (Lipinski definition) is 3. The van der Waals surface area contributed by atoms with Crippen LogP contribution in [0.3, 0.4) is 0 Å². The summed E-state index contributed by atoms with van der Waals surface area (Å²) in [5.41, 5.74) is 2.16. The monoisotopic (exact) mass is 668 g/mol. The van der Waals surface area contributed by atoms with E-state index in [2.05, 4.69) is 20.9 Å². The summed E-state index contributed by atoms with van der Waals surface area (Å²) in [6.07, 6.45) is 1.53. The van der Waals surface area contributed by atoms with Crippen molar-refractivity contribution in [1.82, 2.24) is 10.3 Å². The number of rotatable bonds is 12. The van der Waals surface area contributed by atoms with Gasteiger partial charge in [-0.3, -0.25) is 14.4 Å². The van der Waals surface area contributed by atoms with Gasteiger partial charge in [0.25, 0.3) is 11.8 Å². The Labute approximate surface area is 280 Å². The van der Waals surface area contributed by atoms with E-state index in [0.717, 1.165) is 20.9 Å². The smallest absolute Gasteiger partial charge is 0.272 e. The van der Waals surface area contributed by atoms with E-state index in [1.54, 1.807) is 80.8 Å². The highest BCUT2D eigenvalue weighted by molar-refractivity contribution is 8.00. The number of carbonyl (C=O) groups is 3. The van der Waals surface area contributed by atoms with Gasteiger partial charge in [0.1, 0.15) is 22.9 Å². The number of fused-ring (bicyclic) bond motifs is 1. The molecule has 0 aliphatic carbocycles. The van der Waals surface area contributed by atoms with Gasteiger partial charge in [0, 0.05) is 21.7 Å². The van der Waals surface area contributed by atoms with Gasteiger partial charge in [-0.2, -0.15) is 0 Å². The lowest BCUT2D eigenvalue weighted by Gasteiger charge is -2.14. The molecule has 0 spiro atoms. The highest BCUT2D eigenvalue weighted by Gasteiger charge is 2.19. The summed E-state index contributed by atoms with van der Waals surface area (Å²) in [6.45, 7) is 1.79. The molecular weight excluding hydrogens is 637 g/mol. The van der Waals surface area contributed by atoms with Gasteiger partial charge in [0.05, 0.1) is 36.8 Å². The number of hydrogen-bond acceptors (Lipinski definition) is 9. The zero-order valence-corrected chi connectivity index (χ0v) is 27.7. The minimum atomic E-state index is -0.556. The van der Waals surface area contributed by atoms with E-state index in [4.69, 9.17) is 14.2 Å². The maximum absolute atomic E-state index is 13.6. The average molecular weight is 669 g/mol. The fourth-order valence-corrected chi connectivity index (χ4v) is 6.27. The number of nitrogens with one attached hydrogen (secondary N) is 3. The third-order valence-electron chi connectivity index (χ3n) is 6.87. The SMILES string of the molecule is COc1ccc(OC)c(/C=C(/NC(=O)c2ccccc2)C(=O)Nc2cccc(SC(C)C(=O)Nc3nc4ccc(OC)cc4s3)c2)c1. The molecule has 5 aromatic rings. The van der Waals surface area contributed by atoms with Crippen LogP contribution in [-0.4, -0.2) is 49.3 Å². The number of benzene rings is 4. The number of carbonyl (C=O) groups excluding carboxylic acids is 3. The minimum Gasteiger partial charge on any atom is -0.497 e. The third-order valence-corrected chi connectivity index (χ3v) is 8.89. The zero-order valence-electron chi connectivity index (χ0n) is 26.0. The second-order valence-electron chi connectivity index (χ2n) is 10.1. The Hall–Kier alpha value is -5.33. The molecule has 0 saturated heterocycles. The molecule has 12 heteroatoms. The van der Waals surface area contributed by atoms with Gasteiger partial charge >= 0.3 is 0 Å². The lowest BCUT2D eigenvalue weighted by Crippen LogP contribution is -2.30. The second-order valence-corrected chi connectivity index (χ2v) is 12.5. The van der Waals surface area contributed by atoms with E-state index in [9.17, 15) is 14.4 Å². The molecule has 0 bridgehead atoms. The molecule has 1 atom stereocenters. The summed E-state index contributed by atoms with van der Waals surface area (Å²) in [7, 11) is 4.65. The van der Waals surface area contributed by atoms with Gasteiger partial charge in [0.15, 0.2) is 5.13 Å². The number of amides is 3. The molecule has 1 heterocycles. The van der Waals surface area contributed by atoms with Crippen molar-refractivity contribution in [2.24, 2.45) is 0 Å². The van der Waals surface area contributed by atoms with Gasteiger partial charge in [0.2, 0.25) is 5.91 Å². The fraction of sp³-hybridized carbons (Fsp3) is 0.143. The largest absolute Gasteiger partial charge is 0.497 e. The van der Waals surface area contributed by atoms with E-state index in [0.29, 0.717) is 33.4 Å². The Balaban J connectivity index is 1.31. The third kappa shape index (κ3) is 8.48. The van der Waals surface area contributed by atoms with Crippen LogP contribution in [0.1, 0.15) is 22.8 Å². The maximum atomic E-state index is 13.6. The van der Waals surface area contributed by atoms with Crippen molar-refractivity contribution in [2.75, 3.05) is 32.0 Å². The van der Waals surface area contributed by atoms with E-state index in [-0.39, 0.29) is 11.6 Å². The first-order chi connectivity index (χ1) is 22.8. The standard InChI is InChI=1S/C35H32N4O6S2/c1-21(32(40)39-35-38-28-15-13-26(44-3)20-31(28)47-35)46-27-12-8-11-24(19-27)36-34(42)29(37-33(41)22-9-6-5-7-10-22)18-23-17-25(43-2)14-16-30(23)45-4/h5-21H,1-4H3,(H,36,42)(H,37,41)(H,38,39,40)/b29-18+. The van der Waals surface area contributed by atoms with Crippen molar-refractivity contribution in [3.8, 4) is 17.2 Å². The van der Waals surface area contributed by atoms with Crippen LogP contribution < -0.4 is 30.2 Å². The molecule has 5 rings (SSSR count). The molecule has 3 amide bonds. The number of anilines is 2. The summed E-state index contributed by atoms with van der Waals surface area (Å²) in [5, 5.41) is 8.52. The molecule has 4 aromatic carbocycles. The Bertz CT molecular complexity index is 1940. The number of ether oxygens (including phenoxy) is 3. The van der Waals surface area contributed by atoms with Gasteiger partial charge < -0.3 is 30.2 Å². The number of nitrogens with zero attached hydrogens (tertiary/aromatic N) is 1. The number of methoxy groups -OCH3 is 3. The normalized spacial score (nSPS) is 11.8. The molecular formula is C35H32N4O6S2. The first-order valence-electron chi connectivity index (χ1n) is 14.4. The zero-order chi connectivity index (χ0) is 33.3. The van der Waals surface area contributed by atoms with Crippen LogP contribution in [0.2, 0.25) is 0 Å². The number of thiazole rings is 1. The highest BCUT2D eigenvalue weighted by Crippen LogP contribution is 2.31. The molecule has 3 N–H and O–H groups in total. The van der Waals surface area contributed by atoms with Crippen LogP contribution in [0.25, 0.3) is 16.3 Å². The molecule has 0 saturated carbocycles. The van der Waals surface area contributed by atoms with Gasteiger partial charge in [-0.15, -0.1) is 11.8 Å². The molecule has 1 aromatic heterocycles. The number of thioether (sulfide) groups is 1. The highest BCUT2D eigenvalue weighted by atomic mass is 32.2. The molecule has 47 heavy (non-hydrogen) atoms. The van der Waals surface area contributed by atoms with E-state index in [1.165, 1.54) is 43.4 Å². The van der Waals surface area contributed by atoms with Crippen LogP contribution >= 0.6 is 23.1 Å². The predicted octanol–water partition coefficient (Wildman–Crippen LogP) is 6.85. The lowest BCUT2D eigenvalue weighted by atomic mass is 10.1. The molecule has 10 nitrogen and oxygen atoms in total. The van der Waals surface area contributed by atoms with Crippen molar-refractivity contribution in [2.45, 2.75) is 17.1 Å². The first-order valence-corrected chi connectivity index (χ1v) is 16.1. The molecule has 0 aliphatic rings. The quantitative estimate of drug-likeness (QED) is 0.0973. The molecule has 1 unspecified atom stereocenters. The minimum absolute atomic E-state index is 0.00957. The van der Waals surface area contributed by atoms with Crippen molar-refractivity contribution in [3.63, 3.8) is 0 Å². The molecule has 0 aliphatic heterocycles. The van der Waals surface area contributed by atoms with Crippen molar-refractivity contribution in [3.05, 3.63) is 108 Å². The van der Waals surface area contributed by atoms with Gasteiger partial charge in [-0.1, -0.05) is 35.6 Å². The van der Waals surface area contributed by atoms with Crippen LogP contribution in [0.4, 0.5) is 10.8 Å². The van der Waals surface area contributed by atoms with E-state index >= 15 is 0 Å². The van der Waals surface area contributed by atoms with E-state index < -0.39 is 17.1 Å². The van der Waals surface area contributed by atoms with Crippen molar-refractivity contribution >= 4 is 67.9 Å². The fourth-order valence-electron chi connectivity index (χ4n) is 4.45. The van der Waals surface area contributed by atoms with Crippen molar-refractivity contribution < 1.29 is 28.6 Å². The second kappa shape index (κ2) is 15.3. The van der Waals surface area contributed by atoms with Crippen LogP contribution in [0.5, 0.6) is 17.2 Å². The summed E-state index contributed by atoms with van der Waals surface area (Å²) < 4.78 is 17.0. The molecule has 0 radical (unpaired) electrons. The van der Waals surface area contributed by atoms with Crippen LogP contribution in [-0.2, 0) is 9.59 Å². The Kier molecular flexibility index (Phi) is 10.8.